The zero-order chi connectivity index (χ0) is 25.9. The van der Waals surface area contributed by atoms with Gasteiger partial charge in [0.05, 0.1) is 10.9 Å². The monoisotopic (exact) mass is 513 g/mol. The molecule has 0 bridgehead atoms. The lowest BCUT2D eigenvalue weighted by Gasteiger charge is -2.15. The number of benzene rings is 3. The van der Waals surface area contributed by atoms with Gasteiger partial charge in [-0.15, -0.1) is 11.8 Å². The van der Waals surface area contributed by atoms with E-state index in [-0.39, 0.29) is 18.2 Å². The molecule has 2 heterocycles. The number of oxazole rings is 1. The number of carboxylic acid groups (broad SMARTS) is 1. The first-order valence-corrected chi connectivity index (χ1v) is 12.1. The van der Waals surface area contributed by atoms with Gasteiger partial charge in [0, 0.05) is 34.7 Å². The van der Waals surface area contributed by atoms with Crippen LogP contribution in [-0.2, 0) is 19.2 Å². The number of rotatable bonds is 7. The highest BCUT2D eigenvalue weighted by atomic mass is 32.2. The molecule has 1 aliphatic rings. The Bertz CT molecular complexity index is 1530. The standard InChI is InChI=1S/C27H19N3O6S/c31-23(12-13-25(33)34)28-17-4-3-5-19(14-17)37-22-15-24(32)30(27(22)35)18-10-8-16(9-11-18)26-29-20-6-1-2-7-21(20)36-26/h1-14,22H,15H2,(H,28,31)(H,33,34)/b13-12+/t22-/m1/s1. The molecule has 10 heteroatoms. The summed E-state index contributed by atoms with van der Waals surface area (Å²) in [6, 6.07) is 21.1. The Morgan fingerprint density at radius 1 is 1.03 bits per heavy atom. The number of hydrogen-bond acceptors (Lipinski definition) is 7. The lowest BCUT2D eigenvalue weighted by molar-refractivity contribution is -0.131. The molecule has 0 unspecified atom stereocenters. The van der Waals surface area contributed by atoms with Gasteiger partial charge in [0.15, 0.2) is 5.58 Å². The van der Waals surface area contributed by atoms with E-state index in [0.29, 0.717) is 27.7 Å². The van der Waals surface area contributed by atoms with Gasteiger partial charge >= 0.3 is 5.97 Å². The lowest BCUT2D eigenvalue weighted by atomic mass is 10.2. The van der Waals surface area contributed by atoms with Crippen LogP contribution in [0.5, 0.6) is 0 Å². The third-order valence-corrected chi connectivity index (χ3v) is 6.71. The van der Waals surface area contributed by atoms with Gasteiger partial charge < -0.3 is 14.8 Å². The number of anilines is 2. The molecule has 0 aliphatic carbocycles. The quantitative estimate of drug-likeness (QED) is 0.273. The Morgan fingerprint density at radius 2 is 1.81 bits per heavy atom. The summed E-state index contributed by atoms with van der Waals surface area (Å²) < 4.78 is 5.78. The van der Waals surface area contributed by atoms with E-state index >= 15 is 0 Å². The summed E-state index contributed by atoms with van der Waals surface area (Å²) in [5.74, 6) is -2.01. The van der Waals surface area contributed by atoms with Gasteiger partial charge in [-0.1, -0.05) is 18.2 Å². The molecule has 0 spiro atoms. The van der Waals surface area contributed by atoms with E-state index in [9.17, 15) is 19.2 Å². The van der Waals surface area contributed by atoms with Crippen molar-refractivity contribution in [1.82, 2.24) is 4.98 Å². The maximum absolute atomic E-state index is 13.1. The number of hydrogen-bond donors (Lipinski definition) is 2. The van der Waals surface area contributed by atoms with Crippen molar-refractivity contribution >= 4 is 57.9 Å². The molecule has 1 fully saturated rings. The number of aromatic nitrogens is 1. The highest BCUT2D eigenvalue weighted by Crippen LogP contribution is 2.35. The van der Waals surface area contributed by atoms with Gasteiger partial charge in [-0.3, -0.25) is 14.4 Å². The molecule has 37 heavy (non-hydrogen) atoms. The van der Waals surface area contributed by atoms with Crippen molar-refractivity contribution in [3.05, 3.63) is 84.9 Å². The first kappa shape index (κ1) is 24.0. The van der Waals surface area contributed by atoms with E-state index in [1.165, 1.54) is 16.7 Å². The summed E-state index contributed by atoms with van der Waals surface area (Å²) in [6.07, 6.45) is 1.69. The maximum Gasteiger partial charge on any atom is 0.328 e. The second kappa shape index (κ2) is 10.1. The van der Waals surface area contributed by atoms with Gasteiger partial charge in [0.1, 0.15) is 5.52 Å². The summed E-state index contributed by atoms with van der Waals surface area (Å²) in [6.45, 7) is 0. The van der Waals surface area contributed by atoms with E-state index < -0.39 is 17.1 Å². The number of nitrogens with one attached hydrogen (secondary N) is 1. The molecule has 9 nitrogen and oxygen atoms in total. The van der Waals surface area contributed by atoms with Crippen molar-refractivity contribution in [3.63, 3.8) is 0 Å². The Morgan fingerprint density at radius 3 is 2.57 bits per heavy atom. The number of thioether (sulfide) groups is 1. The lowest BCUT2D eigenvalue weighted by Crippen LogP contribution is -2.31. The molecule has 5 rings (SSSR count). The third-order valence-electron chi connectivity index (χ3n) is 5.53. The topological polar surface area (TPSA) is 130 Å². The van der Waals surface area contributed by atoms with Gasteiger partial charge in [-0.05, 0) is 54.6 Å². The Kier molecular flexibility index (Phi) is 6.57. The zero-order valence-corrected chi connectivity index (χ0v) is 20.0. The number of fused-ring (bicyclic) bond motifs is 1. The normalized spacial score (nSPS) is 15.6. The average molecular weight is 514 g/mol. The van der Waals surface area contributed by atoms with Crippen molar-refractivity contribution in [2.24, 2.45) is 0 Å². The number of amides is 3. The van der Waals surface area contributed by atoms with Crippen molar-refractivity contribution < 1.29 is 28.7 Å². The van der Waals surface area contributed by atoms with Crippen molar-refractivity contribution in [2.75, 3.05) is 10.2 Å². The molecular formula is C27H19N3O6S. The minimum absolute atomic E-state index is 0.0360. The molecule has 2 N–H and O–H groups in total. The highest BCUT2D eigenvalue weighted by molar-refractivity contribution is 8.00. The molecule has 0 radical (unpaired) electrons. The summed E-state index contributed by atoms with van der Waals surface area (Å²) in [7, 11) is 0. The molecule has 4 aromatic rings. The van der Waals surface area contributed by atoms with Crippen LogP contribution in [0.2, 0.25) is 0 Å². The Labute approximate surface area is 214 Å². The van der Waals surface area contributed by atoms with Crippen molar-refractivity contribution in [1.29, 1.82) is 0 Å². The maximum atomic E-state index is 13.1. The van der Waals surface area contributed by atoms with Crippen LogP contribution < -0.4 is 10.2 Å². The van der Waals surface area contributed by atoms with E-state index in [2.05, 4.69) is 10.3 Å². The fourth-order valence-electron chi connectivity index (χ4n) is 3.86. The first-order valence-electron chi connectivity index (χ1n) is 11.2. The van der Waals surface area contributed by atoms with Crippen LogP contribution in [0.4, 0.5) is 11.4 Å². The average Bonchev–Trinajstić information content (AvgIpc) is 3.43. The van der Waals surface area contributed by atoms with E-state index in [0.717, 1.165) is 23.2 Å². The molecule has 0 saturated carbocycles. The second-order valence-corrected chi connectivity index (χ2v) is 9.38. The van der Waals surface area contributed by atoms with Gasteiger partial charge in [-0.2, -0.15) is 0 Å². The minimum Gasteiger partial charge on any atom is -0.478 e. The summed E-state index contributed by atoms with van der Waals surface area (Å²) in [5.41, 5.74) is 3.04. The Hall–Kier alpha value is -4.70. The van der Waals surface area contributed by atoms with Crippen LogP contribution in [-0.4, -0.2) is 39.0 Å². The zero-order valence-electron chi connectivity index (χ0n) is 19.2. The Balaban J connectivity index is 1.27. The molecular weight excluding hydrogens is 494 g/mol. The van der Waals surface area contributed by atoms with Gasteiger partial charge in [0.25, 0.3) is 0 Å². The molecule has 1 aliphatic heterocycles. The number of aliphatic carboxylic acids is 1. The van der Waals surface area contributed by atoms with Gasteiger partial charge in [0.2, 0.25) is 23.6 Å². The fraction of sp³-hybridized carbons (Fsp3) is 0.0741. The largest absolute Gasteiger partial charge is 0.478 e. The highest BCUT2D eigenvalue weighted by Gasteiger charge is 2.40. The molecule has 1 saturated heterocycles. The van der Waals surface area contributed by atoms with Crippen LogP contribution in [0.3, 0.4) is 0 Å². The molecule has 3 amide bonds. The molecule has 184 valence electrons. The van der Waals surface area contributed by atoms with E-state index in [4.69, 9.17) is 9.52 Å². The second-order valence-electron chi connectivity index (χ2n) is 8.10. The van der Waals surface area contributed by atoms with Crippen molar-refractivity contribution in [3.8, 4) is 11.5 Å². The SMILES string of the molecule is O=C(O)/C=C/C(=O)Nc1cccc(S[C@@H]2CC(=O)N(c3ccc(-c4nc5ccccc5o4)cc3)C2=O)c1. The third kappa shape index (κ3) is 5.29. The summed E-state index contributed by atoms with van der Waals surface area (Å²) in [5, 5.41) is 10.6. The van der Waals surface area contributed by atoms with Crippen LogP contribution >= 0.6 is 11.8 Å². The van der Waals surface area contributed by atoms with Crippen LogP contribution in [0.25, 0.3) is 22.6 Å². The first-order chi connectivity index (χ1) is 17.9. The van der Waals surface area contributed by atoms with Crippen LogP contribution in [0.1, 0.15) is 6.42 Å². The number of carbonyl (C=O) groups is 4. The van der Waals surface area contributed by atoms with E-state index in [1.807, 2.05) is 24.3 Å². The number of nitrogens with zero attached hydrogens (tertiary/aromatic N) is 2. The smallest absolute Gasteiger partial charge is 0.328 e. The van der Waals surface area contributed by atoms with Crippen LogP contribution in [0, 0.1) is 0 Å². The predicted octanol–water partition coefficient (Wildman–Crippen LogP) is 4.50. The van der Waals surface area contributed by atoms with Crippen molar-refractivity contribution in [2.45, 2.75) is 16.6 Å². The number of carboxylic acids is 1. The van der Waals surface area contributed by atoms with Crippen LogP contribution in [0.15, 0.2) is 94.3 Å². The summed E-state index contributed by atoms with van der Waals surface area (Å²) in [4.78, 5) is 54.6. The number of carbonyl (C=O) groups excluding carboxylic acids is 3. The molecule has 1 aromatic heterocycles. The summed E-state index contributed by atoms with van der Waals surface area (Å²) >= 11 is 1.22. The van der Waals surface area contributed by atoms with E-state index in [1.54, 1.807) is 48.5 Å². The van der Waals surface area contributed by atoms with Gasteiger partial charge in [-0.25, -0.2) is 14.7 Å². The minimum atomic E-state index is -1.23. The number of imide groups is 1. The molecule has 1 atom stereocenters. The molecule has 3 aromatic carbocycles. The number of para-hydroxylation sites is 2. The predicted molar refractivity (Wildman–Crippen MR) is 138 cm³/mol. The fourth-order valence-corrected chi connectivity index (χ4v) is 4.97.